The van der Waals surface area contributed by atoms with Crippen molar-refractivity contribution in [1.29, 1.82) is 0 Å². The third-order valence-electron chi connectivity index (χ3n) is 3.12. The van der Waals surface area contributed by atoms with Gasteiger partial charge in [-0.15, -0.1) is 0 Å². The maximum atomic E-state index is 2.26. The molecule has 0 heterocycles. The topological polar surface area (TPSA) is 0 Å². The Morgan fingerprint density at radius 2 is 1.06 bits per heavy atom. The van der Waals surface area contributed by atoms with Crippen LogP contribution in [0.5, 0.6) is 0 Å². The van der Waals surface area contributed by atoms with Crippen LogP contribution in [0.15, 0.2) is 24.3 Å². The molecule has 0 unspecified atom stereocenters. The summed E-state index contributed by atoms with van der Waals surface area (Å²) < 4.78 is 0. The summed E-state index contributed by atoms with van der Waals surface area (Å²) in [5, 5.41) is 0. The molecule has 0 spiro atoms. The van der Waals surface area contributed by atoms with Crippen molar-refractivity contribution in [1.82, 2.24) is 0 Å². The minimum Gasteiger partial charge on any atom is -0.0654 e. The molecule has 0 aromatic heterocycles. The maximum Gasteiger partial charge on any atom is 0.00188 e. The van der Waals surface area contributed by atoms with E-state index in [4.69, 9.17) is 0 Å². The van der Waals surface area contributed by atoms with Crippen LogP contribution in [0.4, 0.5) is 0 Å². The Hall–Kier alpha value is -0.780. The van der Waals surface area contributed by atoms with Crippen molar-refractivity contribution in [2.45, 2.75) is 53.4 Å². The third-order valence-corrected chi connectivity index (χ3v) is 3.12. The minimum atomic E-state index is 1.21. The average molecular weight is 216 g/mol. The molecule has 1 aromatic rings. The lowest BCUT2D eigenvalue weighted by atomic mass is 9.91. The zero-order valence-corrected chi connectivity index (χ0v) is 11.1. The van der Waals surface area contributed by atoms with Crippen LogP contribution < -0.4 is 0 Å². The predicted octanol–water partition coefficient (Wildman–Crippen LogP) is 5.17. The monoisotopic (exact) mass is 216 g/mol. The molecule has 0 aliphatic heterocycles. The van der Waals surface area contributed by atoms with E-state index in [0.717, 1.165) is 0 Å². The van der Waals surface area contributed by atoms with Gasteiger partial charge in [-0.25, -0.2) is 0 Å². The molecule has 0 N–H and O–H groups in total. The number of hydrogen-bond acceptors (Lipinski definition) is 0. The summed E-state index contributed by atoms with van der Waals surface area (Å²) in [6, 6.07) is 9.05. The molecule has 0 heteroatoms. The van der Waals surface area contributed by atoms with E-state index >= 15 is 0 Å². The van der Waals surface area contributed by atoms with Crippen molar-refractivity contribution in [3.05, 3.63) is 47.2 Å². The lowest BCUT2D eigenvalue weighted by Crippen LogP contribution is -1.97. The first-order valence-corrected chi connectivity index (χ1v) is 6.44. The second kappa shape index (κ2) is 6.73. The summed E-state index contributed by atoms with van der Waals surface area (Å²) in [5.41, 5.74) is 2.80. The minimum absolute atomic E-state index is 1.21. The Morgan fingerprint density at radius 3 is 1.31 bits per heavy atom. The maximum absolute atomic E-state index is 2.26. The molecule has 0 aliphatic carbocycles. The fraction of sp³-hybridized carbons (Fsp3) is 0.500. The highest BCUT2D eigenvalue weighted by Crippen LogP contribution is 2.24. The molecule has 1 aromatic carbocycles. The molecule has 0 atom stereocenters. The molecule has 0 aliphatic rings. The zero-order valence-electron chi connectivity index (χ0n) is 11.1. The Kier molecular flexibility index (Phi) is 5.59. The van der Waals surface area contributed by atoms with Crippen LogP contribution in [0.1, 0.15) is 64.5 Å². The van der Waals surface area contributed by atoms with Gasteiger partial charge in [0.05, 0.1) is 0 Å². The van der Waals surface area contributed by atoms with Gasteiger partial charge in [-0.1, -0.05) is 64.8 Å². The molecular weight excluding hydrogens is 192 g/mol. The molecule has 0 nitrogen and oxygen atoms in total. The summed E-state index contributed by atoms with van der Waals surface area (Å²) in [7, 11) is 0. The number of rotatable bonds is 6. The molecule has 16 heavy (non-hydrogen) atoms. The van der Waals surface area contributed by atoms with Gasteiger partial charge in [0, 0.05) is 11.8 Å². The van der Waals surface area contributed by atoms with Crippen molar-refractivity contribution in [2.75, 3.05) is 0 Å². The van der Waals surface area contributed by atoms with Crippen molar-refractivity contribution >= 4 is 0 Å². The molecule has 0 amide bonds. The summed E-state index contributed by atoms with van der Waals surface area (Å²) in [4.78, 5) is 0. The lowest BCUT2D eigenvalue weighted by molar-refractivity contribution is 0.820. The van der Waals surface area contributed by atoms with Crippen molar-refractivity contribution in [2.24, 2.45) is 0 Å². The van der Waals surface area contributed by atoms with Gasteiger partial charge in [0.15, 0.2) is 0 Å². The Morgan fingerprint density at radius 1 is 0.750 bits per heavy atom. The average Bonchev–Trinajstić information content (AvgIpc) is 2.30. The molecule has 0 saturated carbocycles. The molecule has 1 rings (SSSR count). The van der Waals surface area contributed by atoms with Crippen LogP contribution >= 0.6 is 0 Å². The van der Waals surface area contributed by atoms with E-state index in [0.29, 0.717) is 0 Å². The quantitative estimate of drug-likeness (QED) is 0.615. The largest absolute Gasteiger partial charge is 0.0654 e. The highest BCUT2D eigenvalue weighted by atomic mass is 14.1. The number of benzene rings is 1. The van der Waals surface area contributed by atoms with Crippen LogP contribution in [0, 0.1) is 11.8 Å². The van der Waals surface area contributed by atoms with Crippen LogP contribution in [-0.2, 0) is 0 Å². The third kappa shape index (κ3) is 3.66. The number of hydrogen-bond donors (Lipinski definition) is 0. The van der Waals surface area contributed by atoms with Crippen LogP contribution in [-0.4, -0.2) is 0 Å². The Bertz CT molecular complexity index is 252. The van der Waals surface area contributed by atoms with Gasteiger partial charge in [-0.3, -0.25) is 0 Å². The van der Waals surface area contributed by atoms with Crippen LogP contribution in [0.25, 0.3) is 0 Å². The van der Waals surface area contributed by atoms with Crippen LogP contribution in [0.2, 0.25) is 0 Å². The van der Waals surface area contributed by atoms with Gasteiger partial charge in [-0.05, 0) is 24.0 Å². The highest BCUT2D eigenvalue weighted by Gasteiger charge is 2.07. The normalized spacial score (nSPS) is 11.4. The van der Waals surface area contributed by atoms with E-state index in [1.165, 1.54) is 48.6 Å². The lowest BCUT2D eigenvalue weighted by Gasteiger charge is -2.13. The first-order chi connectivity index (χ1) is 7.69. The second-order valence-electron chi connectivity index (χ2n) is 4.64. The summed E-state index contributed by atoms with van der Waals surface area (Å²) in [6.07, 6.45) is 4.87. The SMILES string of the molecule is CCC[C](C)c1ccc([C](C)CCC)cc1. The molecule has 2 radical (unpaired) electrons. The van der Waals surface area contributed by atoms with E-state index in [2.05, 4.69) is 52.0 Å². The van der Waals surface area contributed by atoms with Crippen molar-refractivity contribution in [3.8, 4) is 0 Å². The fourth-order valence-electron chi connectivity index (χ4n) is 2.08. The van der Waals surface area contributed by atoms with Gasteiger partial charge in [0.1, 0.15) is 0 Å². The van der Waals surface area contributed by atoms with Crippen molar-refractivity contribution in [3.63, 3.8) is 0 Å². The fourth-order valence-corrected chi connectivity index (χ4v) is 2.08. The van der Waals surface area contributed by atoms with E-state index in [-0.39, 0.29) is 0 Å². The van der Waals surface area contributed by atoms with Gasteiger partial charge in [0.25, 0.3) is 0 Å². The van der Waals surface area contributed by atoms with Gasteiger partial charge in [-0.2, -0.15) is 0 Å². The Balaban J connectivity index is 2.67. The second-order valence-corrected chi connectivity index (χ2v) is 4.64. The Labute approximate surface area is 101 Å². The van der Waals surface area contributed by atoms with Gasteiger partial charge >= 0.3 is 0 Å². The first-order valence-electron chi connectivity index (χ1n) is 6.44. The van der Waals surface area contributed by atoms with Gasteiger partial charge in [0.2, 0.25) is 0 Å². The van der Waals surface area contributed by atoms with Crippen molar-refractivity contribution < 1.29 is 0 Å². The first kappa shape index (κ1) is 13.3. The standard InChI is InChI=1S/C16H24/c1-5-7-13(3)15-9-11-16(12-10-15)14(4)8-6-2/h9-12H,5-8H2,1-4H3. The van der Waals surface area contributed by atoms with E-state index in [1.54, 1.807) is 0 Å². The molecule has 0 saturated heterocycles. The van der Waals surface area contributed by atoms with E-state index in [1.807, 2.05) is 0 Å². The van der Waals surface area contributed by atoms with Gasteiger partial charge < -0.3 is 0 Å². The predicted molar refractivity (Wildman–Crippen MR) is 72.3 cm³/mol. The van der Waals surface area contributed by atoms with E-state index < -0.39 is 0 Å². The molecular formula is C16H24. The molecule has 0 bridgehead atoms. The smallest absolute Gasteiger partial charge is 0.00188 e. The summed E-state index contributed by atoms with van der Waals surface area (Å²) in [5.74, 6) is 3.00. The summed E-state index contributed by atoms with van der Waals surface area (Å²) in [6.45, 7) is 8.94. The molecule has 0 fully saturated rings. The molecule has 88 valence electrons. The zero-order chi connectivity index (χ0) is 12.0. The van der Waals surface area contributed by atoms with E-state index in [9.17, 15) is 0 Å². The highest BCUT2D eigenvalue weighted by molar-refractivity contribution is 5.37. The summed E-state index contributed by atoms with van der Waals surface area (Å²) >= 11 is 0. The van der Waals surface area contributed by atoms with Crippen LogP contribution in [0.3, 0.4) is 0 Å².